The first-order chi connectivity index (χ1) is 10.6. The maximum atomic E-state index is 13.6. The van der Waals surface area contributed by atoms with Gasteiger partial charge in [0, 0.05) is 29.9 Å². The van der Waals surface area contributed by atoms with Crippen molar-refractivity contribution < 1.29 is 14.1 Å². The summed E-state index contributed by atoms with van der Waals surface area (Å²) in [6.07, 6.45) is 2.94. The van der Waals surface area contributed by atoms with Gasteiger partial charge in [-0.1, -0.05) is 6.07 Å². The third-order valence-corrected chi connectivity index (χ3v) is 3.32. The van der Waals surface area contributed by atoms with Gasteiger partial charge in [-0.05, 0) is 30.7 Å². The summed E-state index contributed by atoms with van der Waals surface area (Å²) in [7, 11) is 0. The molecule has 2 aromatic carbocycles. The van der Waals surface area contributed by atoms with Crippen LogP contribution in [0.2, 0.25) is 0 Å². The van der Waals surface area contributed by atoms with Crippen molar-refractivity contribution in [1.82, 2.24) is 4.98 Å². The number of rotatable bonds is 3. The average Bonchev–Trinajstić information content (AvgIpc) is 2.51. The van der Waals surface area contributed by atoms with Crippen LogP contribution >= 0.6 is 0 Å². The van der Waals surface area contributed by atoms with Crippen molar-refractivity contribution in [2.24, 2.45) is 0 Å². The van der Waals surface area contributed by atoms with E-state index in [0.717, 1.165) is 0 Å². The van der Waals surface area contributed by atoms with Crippen molar-refractivity contribution in [3.05, 3.63) is 70.3 Å². The van der Waals surface area contributed by atoms with Gasteiger partial charge in [0.15, 0.2) is 0 Å². The highest BCUT2D eigenvalue weighted by Crippen LogP contribution is 2.35. The fourth-order valence-electron chi connectivity index (χ4n) is 2.16. The second kappa shape index (κ2) is 5.40. The molecule has 1 aromatic heterocycles. The van der Waals surface area contributed by atoms with E-state index in [-0.39, 0.29) is 11.5 Å². The van der Waals surface area contributed by atoms with E-state index < -0.39 is 4.92 Å². The van der Waals surface area contributed by atoms with Gasteiger partial charge in [-0.2, -0.15) is 0 Å². The summed E-state index contributed by atoms with van der Waals surface area (Å²) in [6, 6.07) is 9.01. The number of pyridine rings is 1. The first kappa shape index (κ1) is 13.9. The van der Waals surface area contributed by atoms with Gasteiger partial charge >= 0.3 is 0 Å². The lowest BCUT2D eigenvalue weighted by molar-refractivity contribution is -0.383. The lowest BCUT2D eigenvalue weighted by Crippen LogP contribution is -1.93. The Kier molecular flexibility index (Phi) is 3.42. The molecule has 5 nitrogen and oxygen atoms in total. The van der Waals surface area contributed by atoms with E-state index in [1.807, 2.05) is 0 Å². The number of nitro benzene ring substituents is 1. The molecule has 0 saturated heterocycles. The van der Waals surface area contributed by atoms with Gasteiger partial charge < -0.3 is 4.74 Å². The Morgan fingerprint density at radius 3 is 2.73 bits per heavy atom. The van der Waals surface area contributed by atoms with Crippen molar-refractivity contribution in [3.8, 4) is 11.5 Å². The molecule has 3 rings (SSSR count). The molecule has 0 atom stereocenters. The highest BCUT2D eigenvalue weighted by atomic mass is 19.1. The number of ether oxygens (including phenoxy) is 1. The second-order valence-corrected chi connectivity index (χ2v) is 4.77. The molecule has 22 heavy (non-hydrogen) atoms. The second-order valence-electron chi connectivity index (χ2n) is 4.77. The topological polar surface area (TPSA) is 65.3 Å². The van der Waals surface area contributed by atoms with Crippen LogP contribution in [0.3, 0.4) is 0 Å². The Bertz CT molecular complexity index is 880. The monoisotopic (exact) mass is 298 g/mol. The van der Waals surface area contributed by atoms with E-state index in [0.29, 0.717) is 27.8 Å². The zero-order chi connectivity index (χ0) is 15.7. The largest absolute Gasteiger partial charge is 0.457 e. The Hall–Kier alpha value is -3.02. The van der Waals surface area contributed by atoms with Gasteiger partial charge in [0.05, 0.1) is 10.3 Å². The summed E-state index contributed by atoms with van der Waals surface area (Å²) in [5, 5.41) is 12.0. The minimum absolute atomic E-state index is 0.0504. The van der Waals surface area contributed by atoms with E-state index in [2.05, 4.69) is 4.98 Å². The van der Waals surface area contributed by atoms with E-state index in [9.17, 15) is 14.5 Å². The molecule has 0 aliphatic carbocycles. The number of halogens is 1. The van der Waals surface area contributed by atoms with Gasteiger partial charge in [-0.15, -0.1) is 0 Å². The standard InChI is InChI=1S/C16H11FN2O3/c1-10-2-3-11(8-14(10)17)22-16-5-4-15(19(20)21)13-9-18-7-6-12(13)16/h2-9H,1H3. The van der Waals surface area contributed by atoms with Crippen molar-refractivity contribution in [3.63, 3.8) is 0 Å². The van der Waals surface area contributed by atoms with E-state index >= 15 is 0 Å². The molecule has 1 heterocycles. The van der Waals surface area contributed by atoms with E-state index in [4.69, 9.17) is 4.74 Å². The van der Waals surface area contributed by atoms with Crippen LogP contribution < -0.4 is 4.74 Å². The minimum atomic E-state index is -0.473. The molecule has 0 aliphatic heterocycles. The van der Waals surface area contributed by atoms with Crippen LogP contribution in [0.5, 0.6) is 11.5 Å². The van der Waals surface area contributed by atoms with Crippen LogP contribution in [0.15, 0.2) is 48.8 Å². The van der Waals surface area contributed by atoms with Gasteiger partial charge in [-0.3, -0.25) is 15.1 Å². The van der Waals surface area contributed by atoms with Crippen LogP contribution in [0.4, 0.5) is 10.1 Å². The van der Waals surface area contributed by atoms with Crippen molar-refractivity contribution in [1.29, 1.82) is 0 Å². The molecular weight excluding hydrogens is 287 g/mol. The number of nitrogens with zero attached hydrogens (tertiary/aromatic N) is 2. The average molecular weight is 298 g/mol. The Morgan fingerprint density at radius 1 is 1.18 bits per heavy atom. The number of fused-ring (bicyclic) bond motifs is 1. The summed E-state index contributed by atoms with van der Waals surface area (Å²) in [6.45, 7) is 1.66. The maximum absolute atomic E-state index is 13.6. The predicted octanol–water partition coefficient (Wildman–Crippen LogP) is 4.38. The summed E-state index contributed by atoms with van der Waals surface area (Å²) in [5.41, 5.74) is 0.468. The van der Waals surface area contributed by atoms with Crippen LogP contribution in [0.25, 0.3) is 10.8 Å². The van der Waals surface area contributed by atoms with Crippen molar-refractivity contribution >= 4 is 16.5 Å². The number of nitro groups is 1. The highest BCUT2D eigenvalue weighted by Gasteiger charge is 2.15. The van der Waals surface area contributed by atoms with Gasteiger partial charge in [0.25, 0.3) is 5.69 Å². The molecule has 0 N–H and O–H groups in total. The smallest absolute Gasteiger partial charge is 0.279 e. The summed E-state index contributed by atoms with van der Waals surface area (Å²) in [5.74, 6) is 0.367. The normalized spacial score (nSPS) is 10.6. The maximum Gasteiger partial charge on any atom is 0.279 e. The number of hydrogen-bond donors (Lipinski definition) is 0. The molecule has 0 bridgehead atoms. The zero-order valence-electron chi connectivity index (χ0n) is 11.6. The predicted molar refractivity (Wildman–Crippen MR) is 79.6 cm³/mol. The lowest BCUT2D eigenvalue weighted by Gasteiger charge is -2.09. The van der Waals surface area contributed by atoms with Crippen LogP contribution in [-0.4, -0.2) is 9.91 Å². The third kappa shape index (κ3) is 2.46. The number of aromatic nitrogens is 1. The number of aryl methyl sites for hydroxylation is 1. The van der Waals surface area contributed by atoms with Gasteiger partial charge in [0.2, 0.25) is 0 Å². The summed E-state index contributed by atoms with van der Waals surface area (Å²) in [4.78, 5) is 14.5. The molecule has 0 saturated carbocycles. The fraction of sp³-hybridized carbons (Fsp3) is 0.0625. The molecule has 0 fully saturated rings. The number of non-ortho nitro benzene ring substituents is 1. The Balaban J connectivity index is 2.10. The van der Waals surface area contributed by atoms with Crippen LogP contribution in [0.1, 0.15) is 5.56 Å². The first-order valence-corrected chi connectivity index (χ1v) is 6.51. The molecule has 6 heteroatoms. The highest BCUT2D eigenvalue weighted by molar-refractivity contribution is 5.94. The van der Waals surface area contributed by atoms with E-state index in [1.165, 1.54) is 30.6 Å². The molecule has 0 spiro atoms. The van der Waals surface area contributed by atoms with Crippen LogP contribution in [0, 0.1) is 22.9 Å². The summed E-state index contributed by atoms with van der Waals surface area (Å²) < 4.78 is 19.3. The molecule has 0 radical (unpaired) electrons. The number of hydrogen-bond acceptors (Lipinski definition) is 4. The quantitative estimate of drug-likeness (QED) is 0.531. The summed E-state index contributed by atoms with van der Waals surface area (Å²) >= 11 is 0. The lowest BCUT2D eigenvalue weighted by atomic mass is 10.1. The van der Waals surface area contributed by atoms with Crippen molar-refractivity contribution in [2.45, 2.75) is 6.92 Å². The molecular formula is C16H11FN2O3. The fourth-order valence-corrected chi connectivity index (χ4v) is 2.16. The van der Waals surface area contributed by atoms with Gasteiger partial charge in [0.1, 0.15) is 17.3 Å². The molecule has 0 unspecified atom stereocenters. The Labute approximate surface area is 125 Å². The van der Waals surface area contributed by atoms with E-state index in [1.54, 1.807) is 25.1 Å². The van der Waals surface area contributed by atoms with Gasteiger partial charge in [-0.25, -0.2) is 4.39 Å². The zero-order valence-corrected chi connectivity index (χ0v) is 11.6. The SMILES string of the molecule is Cc1ccc(Oc2ccc([N+](=O)[O-])c3cnccc23)cc1F. The van der Waals surface area contributed by atoms with Crippen LogP contribution in [-0.2, 0) is 0 Å². The molecule has 0 aliphatic rings. The first-order valence-electron chi connectivity index (χ1n) is 6.51. The molecule has 0 amide bonds. The Morgan fingerprint density at radius 2 is 2.00 bits per heavy atom. The van der Waals surface area contributed by atoms with Crippen molar-refractivity contribution in [2.75, 3.05) is 0 Å². The molecule has 3 aromatic rings. The minimum Gasteiger partial charge on any atom is -0.457 e. The third-order valence-electron chi connectivity index (χ3n) is 3.32. The number of benzene rings is 2. The molecule has 110 valence electrons.